The van der Waals surface area contributed by atoms with Crippen molar-refractivity contribution in [2.75, 3.05) is 7.11 Å². The summed E-state index contributed by atoms with van der Waals surface area (Å²) >= 11 is 4.94. The maximum atomic E-state index is 12.5. The minimum absolute atomic E-state index is 0.127. The lowest BCUT2D eigenvalue weighted by Gasteiger charge is -2.14. The van der Waals surface area contributed by atoms with Gasteiger partial charge in [-0.15, -0.1) is 0 Å². The summed E-state index contributed by atoms with van der Waals surface area (Å²) < 4.78 is 6.95. The van der Waals surface area contributed by atoms with Crippen molar-refractivity contribution in [3.63, 3.8) is 0 Å². The van der Waals surface area contributed by atoms with Crippen LogP contribution in [0.15, 0.2) is 41.2 Å². The summed E-state index contributed by atoms with van der Waals surface area (Å²) in [4.78, 5) is 12.6. The molecule has 0 atom stereocenters. The first kappa shape index (κ1) is 15.3. The van der Waals surface area contributed by atoms with Gasteiger partial charge in [0.25, 0.3) is 5.56 Å². The first-order valence-corrected chi connectivity index (χ1v) is 7.17. The normalized spacial score (nSPS) is 10.4. The topological polar surface area (TPSA) is 57.2 Å². The number of benzene rings is 1. The second kappa shape index (κ2) is 6.54. The molecule has 1 aromatic heterocycles. The molecule has 2 N–H and O–H groups in total. The van der Waals surface area contributed by atoms with Crippen molar-refractivity contribution in [3.8, 4) is 17.0 Å². The summed E-state index contributed by atoms with van der Waals surface area (Å²) in [6.45, 7) is 2.64. The lowest BCUT2D eigenvalue weighted by molar-refractivity contribution is 0.415. The van der Waals surface area contributed by atoms with E-state index in [1.807, 2.05) is 37.3 Å². The van der Waals surface area contributed by atoms with Crippen molar-refractivity contribution in [1.29, 1.82) is 0 Å². The van der Waals surface area contributed by atoms with Crippen LogP contribution in [0.2, 0.25) is 0 Å². The fourth-order valence-corrected chi connectivity index (χ4v) is 2.40. The number of ether oxygens (including phenoxy) is 1. The molecule has 1 heterocycles. The van der Waals surface area contributed by atoms with E-state index in [9.17, 15) is 4.79 Å². The molecule has 0 bridgehead atoms. The van der Waals surface area contributed by atoms with Crippen LogP contribution in [-0.2, 0) is 6.54 Å². The third-order valence-electron chi connectivity index (χ3n) is 3.25. The Labute approximate surface area is 129 Å². The predicted octanol–water partition coefficient (Wildman–Crippen LogP) is 2.57. The van der Waals surface area contributed by atoms with E-state index in [4.69, 9.17) is 22.7 Å². The molecule has 0 aliphatic carbocycles. The minimum Gasteiger partial charge on any atom is -0.497 e. The molecule has 0 aliphatic heterocycles. The quantitative estimate of drug-likeness (QED) is 0.863. The van der Waals surface area contributed by atoms with Crippen LogP contribution < -0.4 is 16.0 Å². The van der Waals surface area contributed by atoms with E-state index in [-0.39, 0.29) is 10.5 Å². The number of pyridine rings is 1. The van der Waals surface area contributed by atoms with Gasteiger partial charge in [0.1, 0.15) is 10.7 Å². The molecule has 0 radical (unpaired) electrons. The van der Waals surface area contributed by atoms with E-state index in [0.29, 0.717) is 12.1 Å². The van der Waals surface area contributed by atoms with Gasteiger partial charge in [0.15, 0.2) is 0 Å². The number of nitrogens with two attached hydrogens (primary N) is 1. The monoisotopic (exact) mass is 302 g/mol. The van der Waals surface area contributed by atoms with Crippen molar-refractivity contribution >= 4 is 17.2 Å². The van der Waals surface area contributed by atoms with Gasteiger partial charge in [-0.3, -0.25) is 4.79 Å². The Balaban J connectivity index is 2.65. The van der Waals surface area contributed by atoms with Crippen LogP contribution in [0.25, 0.3) is 11.3 Å². The zero-order chi connectivity index (χ0) is 15.4. The Bertz CT molecular complexity index is 722. The summed E-state index contributed by atoms with van der Waals surface area (Å²) in [5, 5.41) is 0. The molecule has 0 unspecified atom stereocenters. The molecule has 0 amide bonds. The number of hydrogen-bond donors (Lipinski definition) is 1. The Kier molecular flexibility index (Phi) is 4.75. The van der Waals surface area contributed by atoms with Crippen molar-refractivity contribution < 1.29 is 4.74 Å². The maximum absolute atomic E-state index is 12.5. The fourth-order valence-electron chi connectivity index (χ4n) is 2.25. The van der Waals surface area contributed by atoms with E-state index in [2.05, 4.69) is 0 Å². The molecule has 0 aliphatic rings. The van der Waals surface area contributed by atoms with Crippen molar-refractivity contribution in [2.24, 2.45) is 5.73 Å². The summed E-state index contributed by atoms with van der Waals surface area (Å²) in [5.74, 6) is 0.751. The van der Waals surface area contributed by atoms with Gasteiger partial charge in [-0.1, -0.05) is 31.3 Å². The second-order valence-electron chi connectivity index (χ2n) is 4.69. The average Bonchev–Trinajstić information content (AvgIpc) is 2.49. The number of methoxy groups -OCH3 is 1. The fraction of sp³-hybridized carbons (Fsp3) is 0.250. The molecule has 0 fully saturated rings. The Morgan fingerprint density at radius 1 is 1.33 bits per heavy atom. The highest BCUT2D eigenvalue weighted by molar-refractivity contribution is 7.80. The van der Waals surface area contributed by atoms with Gasteiger partial charge in [0, 0.05) is 12.1 Å². The summed E-state index contributed by atoms with van der Waals surface area (Å²) in [6, 6.07) is 11.2. The first-order valence-electron chi connectivity index (χ1n) is 6.76. The van der Waals surface area contributed by atoms with Crippen molar-refractivity contribution in [1.82, 2.24) is 4.57 Å². The summed E-state index contributed by atoms with van der Waals surface area (Å²) in [5.41, 5.74) is 7.60. The highest BCUT2D eigenvalue weighted by Gasteiger charge is 2.12. The van der Waals surface area contributed by atoms with E-state index >= 15 is 0 Å². The van der Waals surface area contributed by atoms with Crippen LogP contribution in [-0.4, -0.2) is 16.7 Å². The highest BCUT2D eigenvalue weighted by atomic mass is 32.1. The zero-order valence-electron chi connectivity index (χ0n) is 12.1. The average molecular weight is 302 g/mol. The van der Waals surface area contributed by atoms with Gasteiger partial charge in [0.2, 0.25) is 0 Å². The molecule has 2 rings (SSSR count). The molecule has 2 aromatic rings. The summed E-state index contributed by atoms with van der Waals surface area (Å²) in [7, 11) is 1.62. The molecular weight excluding hydrogens is 284 g/mol. The molecular formula is C16H18N2O2S. The Morgan fingerprint density at radius 3 is 2.71 bits per heavy atom. The highest BCUT2D eigenvalue weighted by Crippen LogP contribution is 2.23. The lowest BCUT2D eigenvalue weighted by atomic mass is 10.1. The lowest BCUT2D eigenvalue weighted by Crippen LogP contribution is -2.29. The van der Waals surface area contributed by atoms with E-state index < -0.39 is 0 Å². The molecule has 4 nitrogen and oxygen atoms in total. The largest absolute Gasteiger partial charge is 0.497 e. The van der Waals surface area contributed by atoms with Crippen LogP contribution in [0.5, 0.6) is 5.75 Å². The number of nitrogens with zero attached hydrogens (tertiary/aromatic N) is 1. The number of hydrogen-bond acceptors (Lipinski definition) is 3. The van der Waals surface area contributed by atoms with Crippen LogP contribution >= 0.6 is 12.2 Å². The third kappa shape index (κ3) is 3.13. The third-order valence-corrected chi connectivity index (χ3v) is 3.47. The van der Waals surface area contributed by atoms with Crippen molar-refractivity contribution in [2.45, 2.75) is 19.9 Å². The van der Waals surface area contributed by atoms with E-state index in [1.54, 1.807) is 17.7 Å². The number of rotatable bonds is 5. The zero-order valence-corrected chi connectivity index (χ0v) is 12.9. The number of aromatic nitrogens is 1. The summed E-state index contributed by atoms with van der Waals surface area (Å²) in [6.07, 6.45) is 0.845. The standard InChI is InChI=1S/C16H18N2O2S/c1-3-9-18-14(8-7-13(15(17)21)16(18)19)11-5-4-6-12(10-11)20-2/h4-8,10H,3,9H2,1-2H3,(H2,17,21). The maximum Gasteiger partial charge on any atom is 0.261 e. The second-order valence-corrected chi connectivity index (χ2v) is 5.13. The van der Waals surface area contributed by atoms with Gasteiger partial charge in [-0.2, -0.15) is 0 Å². The van der Waals surface area contributed by atoms with Crippen LogP contribution in [0.4, 0.5) is 0 Å². The van der Waals surface area contributed by atoms with Crippen LogP contribution in [0.3, 0.4) is 0 Å². The van der Waals surface area contributed by atoms with Gasteiger partial charge in [-0.25, -0.2) is 0 Å². The minimum atomic E-state index is -0.148. The molecule has 0 spiro atoms. The van der Waals surface area contributed by atoms with E-state index in [0.717, 1.165) is 23.4 Å². The SMILES string of the molecule is CCCn1c(-c2cccc(OC)c2)ccc(C(N)=S)c1=O. The molecule has 1 aromatic carbocycles. The van der Waals surface area contributed by atoms with E-state index in [1.165, 1.54) is 0 Å². The van der Waals surface area contributed by atoms with Crippen LogP contribution in [0.1, 0.15) is 18.9 Å². The Hall–Kier alpha value is -2.14. The molecule has 0 saturated carbocycles. The molecule has 21 heavy (non-hydrogen) atoms. The van der Waals surface area contributed by atoms with Gasteiger partial charge in [-0.05, 0) is 30.7 Å². The molecule has 0 saturated heterocycles. The van der Waals surface area contributed by atoms with Crippen LogP contribution in [0, 0.1) is 0 Å². The molecule has 5 heteroatoms. The molecule has 110 valence electrons. The first-order chi connectivity index (χ1) is 10.1. The van der Waals surface area contributed by atoms with Gasteiger partial charge >= 0.3 is 0 Å². The van der Waals surface area contributed by atoms with Gasteiger partial charge < -0.3 is 15.0 Å². The predicted molar refractivity (Wildman–Crippen MR) is 88.9 cm³/mol. The smallest absolute Gasteiger partial charge is 0.261 e. The number of thiocarbonyl (C=S) groups is 1. The van der Waals surface area contributed by atoms with Gasteiger partial charge in [0.05, 0.1) is 18.4 Å². The van der Waals surface area contributed by atoms with Crippen molar-refractivity contribution in [3.05, 3.63) is 52.3 Å². The Morgan fingerprint density at radius 2 is 2.10 bits per heavy atom.